The Kier molecular flexibility index (Phi) is 6.65. The Labute approximate surface area is 156 Å². The number of aromatic nitrogens is 1. The number of hydrogen-bond acceptors (Lipinski definition) is 4. The van der Waals surface area contributed by atoms with E-state index in [-0.39, 0.29) is 5.91 Å². The summed E-state index contributed by atoms with van der Waals surface area (Å²) in [6.45, 7) is 0.710. The highest BCUT2D eigenvalue weighted by Gasteiger charge is 2.07. The zero-order chi connectivity index (χ0) is 17.3. The molecule has 1 heterocycles. The molecule has 0 radical (unpaired) electrons. The topological polar surface area (TPSA) is 42.0 Å². The second kappa shape index (κ2) is 9.39. The van der Waals surface area contributed by atoms with Gasteiger partial charge in [-0.05, 0) is 18.4 Å². The first-order chi connectivity index (χ1) is 12.3. The molecule has 2 aromatic carbocycles. The number of nitrogens with one attached hydrogen (secondary N) is 1. The third-order valence-electron chi connectivity index (χ3n) is 3.69. The van der Waals surface area contributed by atoms with Gasteiger partial charge in [-0.1, -0.05) is 72.4 Å². The van der Waals surface area contributed by atoms with Crippen LogP contribution in [-0.2, 0) is 11.2 Å². The minimum Gasteiger partial charge on any atom is -0.355 e. The molecule has 1 aromatic heterocycles. The minimum absolute atomic E-state index is 0.0644. The number of amides is 1. The van der Waals surface area contributed by atoms with Gasteiger partial charge in [0.05, 0.1) is 11.4 Å². The molecule has 0 atom stereocenters. The Morgan fingerprint density at radius 1 is 1.04 bits per heavy atom. The third-order valence-corrected chi connectivity index (χ3v) is 5.71. The van der Waals surface area contributed by atoms with Crippen LogP contribution in [0.5, 0.6) is 0 Å². The molecule has 5 heteroatoms. The van der Waals surface area contributed by atoms with Gasteiger partial charge in [0.2, 0.25) is 5.91 Å². The first-order valence-electron chi connectivity index (χ1n) is 8.25. The van der Waals surface area contributed by atoms with Crippen molar-refractivity contribution >= 4 is 29.0 Å². The lowest BCUT2D eigenvalue weighted by Gasteiger charge is -2.04. The average molecular weight is 369 g/mol. The van der Waals surface area contributed by atoms with E-state index in [9.17, 15) is 4.79 Å². The van der Waals surface area contributed by atoms with Crippen molar-refractivity contribution in [3.63, 3.8) is 0 Å². The Morgan fingerprint density at radius 3 is 2.52 bits per heavy atom. The molecule has 0 saturated heterocycles. The molecule has 1 amide bonds. The van der Waals surface area contributed by atoms with Crippen molar-refractivity contribution in [3.05, 3.63) is 71.6 Å². The van der Waals surface area contributed by atoms with E-state index in [0.717, 1.165) is 28.4 Å². The quantitative estimate of drug-likeness (QED) is 0.465. The third kappa shape index (κ3) is 5.73. The highest BCUT2D eigenvalue weighted by Crippen LogP contribution is 2.27. The van der Waals surface area contributed by atoms with Gasteiger partial charge in [0, 0.05) is 17.5 Å². The molecule has 0 aliphatic rings. The number of benzene rings is 2. The highest BCUT2D eigenvalue weighted by atomic mass is 32.2. The summed E-state index contributed by atoms with van der Waals surface area (Å²) in [7, 11) is 0. The number of hydrogen-bond donors (Lipinski definition) is 1. The summed E-state index contributed by atoms with van der Waals surface area (Å²) in [5.41, 5.74) is 3.38. The largest absolute Gasteiger partial charge is 0.355 e. The number of rotatable bonds is 8. The molecule has 0 saturated carbocycles. The van der Waals surface area contributed by atoms with Crippen LogP contribution in [0.4, 0.5) is 0 Å². The second-order valence-electron chi connectivity index (χ2n) is 5.59. The SMILES string of the molecule is O=C(CSc1nc(-c2ccccc2)cs1)NCCCc1ccccc1. The molecule has 0 spiro atoms. The van der Waals surface area contributed by atoms with Gasteiger partial charge in [-0.15, -0.1) is 11.3 Å². The van der Waals surface area contributed by atoms with Crippen LogP contribution >= 0.6 is 23.1 Å². The number of carbonyl (C=O) groups excluding carboxylic acids is 1. The van der Waals surface area contributed by atoms with Crippen molar-refractivity contribution in [2.75, 3.05) is 12.3 Å². The maximum atomic E-state index is 11.9. The van der Waals surface area contributed by atoms with Gasteiger partial charge in [0.15, 0.2) is 4.34 Å². The second-order valence-corrected chi connectivity index (χ2v) is 7.67. The van der Waals surface area contributed by atoms with Crippen LogP contribution in [0.25, 0.3) is 11.3 Å². The van der Waals surface area contributed by atoms with Gasteiger partial charge < -0.3 is 5.32 Å². The molecule has 25 heavy (non-hydrogen) atoms. The average Bonchev–Trinajstić information content (AvgIpc) is 3.14. The van der Waals surface area contributed by atoms with Crippen LogP contribution in [0.15, 0.2) is 70.4 Å². The van der Waals surface area contributed by atoms with Crippen LogP contribution in [-0.4, -0.2) is 23.2 Å². The van der Waals surface area contributed by atoms with Crippen LogP contribution < -0.4 is 5.32 Å². The molecular weight excluding hydrogens is 348 g/mol. The number of carbonyl (C=O) groups is 1. The van der Waals surface area contributed by atoms with E-state index in [0.29, 0.717) is 12.3 Å². The lowest BCUT2D eigenvalue weighted by Crippen LogP contribution is -2.26. The Hall–Kier alpha value is -2.11. The molecule has 3 nitrogen and oxygen atoms in total. The summed E-state index contributed by atoms with van der Waals surface area (Å²) >= 11 is 3.08. The van der Waals surface area contributed by atoms with Gasteiger partial charge in [-0.25, -0.2) is 4.98 Å². The van der Waals surface area contributed by atoms with Gasteiger partial charge >= 0.3 is 0 Å². The van der Waals surface area contributed by atoms with E-state index in [1.807, 2.05) is 53.9 Å². The zero-order valence-electron chi connectivity index (χ0n) is 13.9. The molecule has 1 N–H and O–H groups in total. The van der Waals surface area contributed by atoms with Crippen molar-refractivity contribution < 1.29 is 4.79 Å². The lowest BCUT2D eigenvalue weighted by molar-refractivity contribution is -0.118. The lowest BCUT2D eigenvalue weighted by atomic mass is 10.1. The fourth-order valence-electron chi connectivity index (χ4n) is 2.41. The first kappa shape index (κ1) is 17.7. The maximum absolute atomic E-state index is 11.9. The van der Waals surface area contributed by atoms with Gasteiger partial charge in [-0.3, -0.25) is 4.79 Å². The minimum atomic E-state index is 0.0644. The van der Waals surface area contributed by atoms with Crippen molar-refractivity contribution in [2.45, 2.75) is 17.2 Å². The predicted octanol–water partition coefficient (Wildman–Crippen LogP) is 4.65. The summed E-state index contributed by atoms with van der Waals surface area (Å²) in [6.07, 6.45) is 1.94. The predicted molar refractivity (Wildman–Crippen MR) is 106 cm³/mol. The summed E-state index contributed by atoms with van der Waals surface area (Å²) in [4.78, 5) is 16.5. The number of thiazole rings is 1. The van der Waals surface area contributed by atoms with Crippen LogP contribution in [0, 0.1) is 0 Å². The molecule has 128 valence electrons. The van der Waals surface area contributed by atoms with Gasteiger partial charge in [0.1, 0.15) is 0 Å². The van der Waals surface area contributed by atoms with Gasteiger partial charge in [-0.2, -0.15) is 0 Å². The van der Waals surface area contributed by atoms with Crippen molar-refractivity contribution in [3.8, 4) is 11.3 Å². The smallest absolute Gasteiger partial charge is 0.230 e. The van der Waals surface area contributed by atoms with Crippen molar-refractivity contribution in [1.29, 1.82) is 0 Å². The van der Waals surface area contributed by atoms with E-state index >= 15 is 0 Å². The molecule has 0 aliphatic carbocycles. The van der Waals surface area contributed by atoms with Gasteiger partial charge in [0.25, 0.3) is 0 Å². The molecule has 3 aromatic rings. The Morgan fingerprint density at radius 2 is 1.76 bits per heavy atom. The normalized spacial score (nSPS) is 10.6. The summed E-state index contributed by atoms with van der Waals surface area (Å²) in [6, 6.07) is 20.4. The molecule has 3 rings (SSSR count). The maximum Gasteiger partial charge on any atom is 0.230 e. The number of thioether (sulfide) groups is 1. The highest BCUT2D eigenvalue weighted by molar-refractivity contribution is 8.01. The molecular formula is C20H20N2OS2. The molecule has 0 fully saturated rings. The first-order valence-corrected chi connectivity index (χ1v) is 10.1. The van der Waals surface area contributed by atoms with E-state index in [2.05, 4.69) is 22.4 Å². The number of aryl methyl sites for hydroxylation is 1. The molecule has 0 unspecified atom stereocenters. The Balaban J connectivity index is 1.37. The standard InChI is InChI=1S/C20H20N2OS2/c23-19(21-13-7-10-16-8-3-1-4-9-16)15-25-20-22-18(14-24-20)17-11-5-2-6-12-17/h1-6,8-9,11-12,14H,7,10,13,15H2,(H,21,23). The monoisotopic (exact) mass is 368 g/mol. The summed E-state index contributed by atoms with van der Waals surface area (Å²) < 4.78 is 0.929. The molecule has 0 aliphatic heterocycles. The van der Waals surface area contributed by atoms with Crippen LogP contribution in [0.3, 0.4) is 0 Å². The van der Waals surface area contributed by atoms with Crippen LogP contribution in [0.2, 0.25) is 0 Å². The van der Waals surface area contributed by atoms with Crippen LogP contribution in [0.1, 0.15) is 12.0 Å². The molecule has 0 bridgehead atoms. The summed E-state index contributed by atoms with van der Waals surface area (Å²) in [5, 5.41) is 5.02. The van der Waals surface area contributed by atoms with E-state index in [1.54, 1.807) is 11.3 Å². The fraction of sp³-hybridized carbons (Fsp3) is 0.200. The fourth-order valence-corrected chi connectivity index (χ4v) is 4.07. The summed E-state index contributed by atoms with van der Waals surface area (Å²) in [5.74, 6) is 0.474. The zero-order valence-corrected chi connectivity index (χ0v) is 15.5. The number of nitrogens with zero attached hydrogens (tertiary/aromatic N) is 1. The van der Waals surface area contributed by atoms with E-state index in [4.69, 9.17) is 0 Å². The van der Waals surface area contributed by atoms with Crippen molar-refractivity contribution in [2.24, 2.45) is 0 Å². The van der Waals surface area contributed by atoms with Crippen molar-refractivity contribution in [1.82, 2.24) is 10.3 Å². The van der Waals surface area contributed by atoms with E-state index in [1.165, 1.54) is 17.3 Å². The van der Waals surface area contributed by atoms with E-state index < -0.39 is 0 Å². The Bertz CT molecular complexity index is 788.